The summed E-state index contributed by atoms with van der Waals surface area (Å²) in [6.07, 6.45) is 1.18. The van der Waals surface area contributed by atoms with Gasteiger partial charge in [0.05, 0.1) is 6.61 Å². The molecule has 0 aliphatic carbocycles. The maximum atomic E-state index is 10.5. The zero-order valence-corrected chi connectivity index (χ0v) is 8.00. The minimum atomic E-state index is -0.944. The minimum Gasteiger partial charge on any atom is -0.478 e. The van der Waals surface area contributed by atoms with Gasteiger partial charge in [0.15, 0.2) is 0 Å². The van der Waals surface area contributed by atoms with Crippen molar-refractivity contribution in [1.82, 2.24) is 0 Å². The Morgan fingerprint density at radius 3 is 3.00 bits per heavy atom. The van der Waals surface area contributed by atoms with E-state index in [1.807, 2.05) is 17.5 Å². The number of aliphatic carboxylic acids is 1. The number of carboxylic acid groups (broad SMARTS) is 1. The van der Waals surface area contributed by atoms with Gasteiger partial charge < -0.3 is 9.84 Å². The molecule has 0 aliphatic heterocycles. The lowest BCUT2D eigenvalue weighted by atomic mass is 10.2. The number of ether oxygens (including phenoxy) is 1. The second-order valence-corrected chi connectivity index (χ2v) is 3.37. The first-order valence-corrected chi connectivity index (χ1v) is 4.58. The van der Waals surface area contributed by atoms with Crippen molar-refractivity contribution in [3.05, 3.63) is 28.5 Å². The number of thiophene rings is 1. The first-order chi connectivity index (χ1) is 6.24. The molecule has 0 amide bonds. The molecule has 0 bridgehead atoms. The van der Waals surface area contributed by atoms with Crippen LogP contribution in [-0.2, 0) is 9.53 Å². The first kappa shape index (κ1) is 9.95. The summed E-state index contributed by atoms with van der Waals surface area (Å²) < 4.78 is 4.90. The second kappa shape index (κ2) is 4.79. The van der Waals surface area contributed by atoms with Crippen LogP contribution in [0, 0.1) is 0 Å². The fourth-order valence-electron chi connectivity index (χ4n) is 0.950. The van der Waals surface area contributed by atoms with E-state index in [9.17, 15) is 4.79 Å². The molecule has 0 aliphatic rings. The monoisotopic (exact) mass is 198 g/mol. The van der Waals surface area contributed by atoms with Crippen LogP contribution in [0.3, 0.4) is 0 Å². The molecule has 0 fully saturated rings. The number of rotatable bonds is 4. The topological polar surface area (TPSA) is 46.5 Å². The Morgan fingerprint density at radius 1 is 1.77 bits per heavy atom. The molecule has 0 atom stereocenters. The van der Waals surface area contributed by atoms with E-state index in [2.05, 4.69) is 0 Å². The van der Waals surface area contributed by atoms with Gasteiger partial charge in [0, 0.05) is 23.6 Å². The molecule has 1 N–H and O–H groups in total. The lowest BCUT2D eigenvalue weighted by Crippen LogP contribution is -1.96. The van der Waals surface area contributed by atoms with Crippen LogP contribution in [0.5, 0.6) is 0 Å². The highest BCUT2D eigenvalue weighted by molar-refractivity contribution is 7.11. The van der Waals surface area contributed by atoms with Crippen LogP contribution < -0.4 is 0 Å². The molecule has 1 aromatic heterocycles. The molecule has 3 nitrogen and oxygen atoms in total. The fraction of sp³-hybridized carbons (Fsp3) is 0.222. The van der Waals surface area contributed by atoms with Gasteiger partial charge in [-0.1, -0.05) is 6.07 Å². The third-order valence-corrected chi connectivity index (χ3v) is 2.38. The molecule has 1 rings (SSSR count). The largest absolute Gasteiger partial charge is 0.478 e. The van der Waals surface area contributed by atoms with Crippen LogP contribution in [0.1, 0.15) is 4.88 Å². The highest BCUT2D eigenvalue weighted by Crippen LogP contribution is 2.19. The smallest absolute Gasteiger partial charge is 0.328 e. The fourth-order valence-corrected chi connectivity index (χ4v) is 1.68. The molecule has 0 unspecified atom stereocenters. The third kappa shape index (κ3) is 3.01. The molecule has 0 radical (unpaired) electrons. The maximum absolute atomic E-state index is 10.5. The molecular weight excluding hydrogens is 188 g/mol. The van der Waals surface area contributed by atoms with E-state index >= 15 is 0 Å². The van der Waals surface area contributed by atoms with Crippen LogP contribution in [0.25, 0.3) is 5.57 Å². The van der Waals surface area contributed by atoms with Gasteiger partial charge in [-0.25, -0.2) is 4.79 Å². The summed E-state index contributed by atoms with van der Waals surface area (Å²) in [7, 11) is 1.54. The van der Waals surface area contributed by atoms with Gasteiger partial charge in [-0.05, 0) is 11.4 Å². The lowest BCUT2D eigenvalue weighted by molar-refractivity contribution is -0.131. The van der Waals surface area contributed by atoms with Crippen LogP contribution in [0.2, 0.25) is 0 Å². The Bertz CT molecular complexity index is 301. The van der Waals surface area contributed by atoms with E-state index in [0.717, 1.165) is 4.88 Å². The van der Waals surface area contributed by atoms with Crippen molar-refractivity contribution in [2.24, 2.45) is 0 Å². The number of carboxylic acids is 1. The van der Waals surface area contributed by atoms with Crippen LogP contribution in [0.4, 0.5) is 0 Å². The summed E-state index contributed by atoms with van der Waals surface area (Å²) in [5.41, 5.74) is 0.699. The normalized spacial score (nSPS) is 11.6. The Morgan fingerprint density at radius 2 is 2.54 bits per heavy atom. The van der Waals surface area contributed by atoms with E-state index in [1.165, 1.54) is 17.4 Å². The molecule has 4 heteroatoms. The van der Waals surface area contributed by atoms with Gasteiger partial charge >= 0.3 is 5.97 Å². The van der Waals surface area contributed by atoms with Crippen molar-refractivity contribution in [3.63, 3.8) is 0 Å². The quantitative estimate of drug-likeness (QED) is 0.751. The van der Waals surface area contributed by atoms with E-state index in [0.29, 0.717) is 12.2 Å². The molecule has 13 heavy (non-hydrogen) atoms. The van der Waals surface area contributed by atoms with Crippen molar-refractivity contribution in [2.45, 2.75) is 0 Å². The van der Waals surface area contributed by atoms with E-state index in [4.69, 9.17) is 9.84 Å². The predicted octanol–water partition coefficient (Wildman–Crippen LogP) is 1.86. The molecular formula is C9H10O3S. The molecule has 0 saturated heterocycles. The summed E-state index contributed by atoms with van der Waals surface area (Å²) in [5, 5.41) is 10.5. The highest BCUT2D eigenvalue weighted by atomic mass is 32.1. The summed E-state index contributed by atoms with van der Waals surface area (Å²) >= 11 is 1.50. The van der Waals surface area contributed by atoms with Crippen molar-refractivity contribution in [2.75, 3.05) is 13.7 Å². The van der Waals surface area contributed by atoms with E-state index in [-0.39, 0.29) is 0 Å². The first-order valence-electron chi connectivity index (χ1n) is 3.70. The van der Waals surface area contributed by atoms with Crippen molar-refractivity contribution in [1.29, 1.82) is 0 Å². The Hall–Kier alpha value is -1.13. The number of hydrogen-bond donors (Lipinski definition) is 1. The van der Waals surface area contributed by atoms with Crippen LogP contribution in [-0.4, -0.2) is 24.8 Å². The van der Waals surface area contributed by atoms with Crippen molar-refractivity contribution in [3.8, 4) is 0 Å². The van der Waals surface area contributed by atoms with E-state index in [1.54, 1.807) is 7.11 Å². The number of methoxy groups -OCH3 is 1. The third-order valence-electron chi connectivity index (χ3n) is 1.44. The number of carbonyl (C=O) groups is 1. The maximum Gasteiger partial charge on any atom is 0.328 e. The van der Waals surface area contributed by atoms with Crippen LogP contribution >= 0.6 is 11.3 Å². The predicted molar refractivity (Wildman–Crippen MR) is 51.8 cm³/mol. The molecule has 70 valence electrons. The van der Waals surface area contributed by atoms with Gasteiger partial charge in [0.25, 0.3) is 0 Å². The average molecular weight is 198 g/mol. The summed E-state index contributed by atoms with van der Waals surface area (Å²) in [6.45, 7) is 0.326. The standard InChI is InChI=1S/C9H10O3S/c1-12-6-7(5-9(10)11)8-3-2-4-13-8/h2-5H,6H2,1H3,(H,10,11)/b7-5+. The second-order valence-electron chi connectivity index (χ2n) is 2.42. The Balaban J connectivity index is 2.86. The Kier molecular flexibility index (Phi) is 3.67. The van der Waals surface area contributed by atoms with Gasteiger partial charge in [-0.3, -0.25) is 0 Å². The number of hydrogen-bond acceptors (Lipinski definition) is 3. The van der Waals surface area contributed by atoms with Gasteiger partial charge in [-0.15, -0.1) is 11.3 Å². The van der Waals surface area contributed by atoms with Crippen molar-refractivity contribution < 1.29 is 14.6 Å². The molecule has 0 aromatic carbocycles. The molecule has 1 heterocycles. The highest BCUT2D eigenvalue weighted by Gasteiger charge is 2.04. The van der Waals surface area contributed by atoms with Crippen LogP contribution in [0.15, 0.2) is 23.6 Å². The molecule has 1 aromatic rings. The molecule has 0 spiro atoms. The van der Waals surface area contributed by atoms with Crippen molar-refractivity contribution >= 4 is 22.9 Å². The Labute approximate surface area is 80.3 Å². The van der Waals surface area contributed by atoms with Gasteiger partial charge in [-0.2, -0.15) is 0 Å². The minimum absolute atomic E-state index is 0.326. The summed E-state index contributed by atoms with van der Waals surface area (Å²) in [6, 6.07) is 3.75. The zero-order chi connectivity index (χ0) is 9.68. The summed E-state index contributed by atoms with van der Waals surface area (Å²) in [5.74, 6) is -0.944. The SMILES string of the molecule is COC/C(=C\C(=O)O)c1cccs1. The lowest BCUT2D eigenvalue weighted by Gasteiger charge is -2.01. The van der Waals surface area contributed by atoms with E-state index < -0.39 is 5.97 Å². The average Bonchev–Trinajstić information content (AvgIpc) is 2.54. The summed E-state index contributed by atoms with van der Waals surface area (Å²) in [4.78, 5) is 11.4. The van der Waals surface area contributed by atoms with Gasteiger partial charge in [0.2, 0.25) is 0 Å². The van der Waals surface area contributed by atoms with Gasteiger partial charge in [0.1, 0.15) is 0 Å². The molecule has 0 saturated carbocycles. The zero-order valence-electron chi connectivity index (χ0n) is 7.19.